The van der Waals surface area contributed by atoms with Gasteiger partial charge in [0.05, 0.1) is 21.6 Å². The second kappa shape index (κ2) is 6.10. The maximum Gasteiger partial charge on any atom is 0.225 e. The molecular weight excluding hydrogens is 391 g/mol. The molecule has 0 unspecified atom stereocenters. The Labute approximate surface area is 133 Å². The maximum absolute atomic E-state index is 12.0. The Balaban J connectivity index is 2.44. The number of nitrogens with zero attached hydrogens (tertiary/aromatic N) is 4. The molecule has 1 atom stereocenters. The first kappa shape index (κ1) is 15.9. The molecule has 0 bridgehead atoms. The van der Waals surface area contributed by atoms with Crippen molar-refractivity contribution >= 4 is 38.6 Å². The van der Waals surface area contributed by atoms with Crippen LogP contribution >= 0.6 is 22.6 Å². The van der Waals surface area contributed by atoms with Gasteiger partial charge in [-0.05, 0) is 35.4 Å². The van der Waals surface area contributed by atoms with Gasteiger partial charge >= 0.3 is 0 Å². The van der Waals surface area contributed by atoms with Crippen LogP contribution in [0.2, 0.25) is 0 Å². The Morgan fingerprint density at radius 1 is 1.40 bits per heavy atom. The molecule has 20 heavy (non-hydrogen) atoms. The molecule has 1 aliphatic heterocycles. The van der Waals surface area contributed by atoms with Crippen LogP contribution < -0.4 is 4.90 Å². The molecule has 0 aromatic carbocycles. The van der Waals surface area contributed by atoms with Crippen molar-refractivity contribution in [2.75, 3.05) is 31.8 Å². The summed E-state index contributed by atoms with van der Waals surface area (Å²) < 4.78 is 26.4. The molecule has 0 amide bonds. The summed E-state index contributed by atoms with van der Waals surface area (Å²) in [5.41, 5.74) is 0.814. The third kappa shape index (κ3) is 3.40. The molecule has 2 rings (SSSR count). The van der Waals surface area contributed by atoms with Crippen LogP contribution in [0.5, 0.6) is 0 Å². The van der Waals surface area contributed by atoms with E-state index in [4.69, 9.17) is 0 Å². The first-order chi connectivity index (χ1) is 9.30. The molecule has 1 aromatic heterocycles. The SMILES string of the molecule is CN(C)c1ncc(I)c([C@@H]2CCCCN2S(C)(=O)=O)n1. The van der Waals surface area contributed by atoms with Gasteiger partial charge in [-0.25, -0.2) is 18.4 Å². The monoisotopic (exact) mass is 410 g/mol. The van der Waals surface area contributed by atoms with Crippen LogP contribution in [0.4, 0.5) is 5.95 Å². The van der Waals surface area contributed by atoms with E-state index < -0.39 is 10.0 Å². The molecule has 1 saturated heterocycles. The van der Waals surface area contributed by atoms with E-state index in [9.17, 15) is 8.42 Å². The molecule has 8 heteroatoms. The third-order valence-corrected chi connectivity index (χ3v) is 5.47. The molecule has 1 fully saturated rings. The van der Waals surface area contributed by atoms with E-state index in [0.717, 1.165) is 28.5 Å². The van der Waals surface area contributed by atoms with Crippen LogP contribution in [0.3, 0.4) is 0 Å². The first-order valence-corrected chi connectivity index (χ1v) is 9.40. The quantitative estimate of drug-likeness (QED) is 0.709. The van der Waals surface area contributed by atoms with Crippen molar-refractivity contribution in [3.8, 4) is 0 Å². The first-order valence-electron chi connectivity index (χ1n) is 6.47. The summed E-state index contributed by atoms with van der Waals surface area (Å²) in [6.07, 6.45) is 5.77. The lowest BCUT2D eigenvalue weighted by Gasteiger charge is -2.33. The lowest BCUT2D eigenvalue weighted by atomic mass is 10.0. The third-order valence-electron chi connectivity index (χ3n) is 3.35. The van der Waals surface area contributed by atoms with Crippen molar-refractivity contribution < 1.29 is 8.42 Å². The van der Waals surface area contributed by atoms with Gasteiger partial charge in [-0.1, -0.05) is 6.42 Å². The average molecular weight is 410 g/mol. The van der Waals surface area contributed by atoms with Gasteiger partial charge in [-0.15, -0.1) is 0 Å². The van der Waals surface area contributed by atoms with Crippen LogP contribution in [-0.2, 0) is 10.0 Å². The van der Waals surface area contributed by atoms with Crippen LogP contribution in [0.15, 0.2) is 6.20 Å². The summed E-state index contributed by atoms with van der Waals surface area (Å²) in [4.78, 5) is 10.6. The number of anilines is 1. The highest BCUT2D eigenvalue weighted by atomic mass is 127. The predicted octanol–water partition coefficient (Wildman–Crippen LogP) is 1.63. The van der Waals surface area contributed by atoms with E-state index in [1.54, 1.807) is 10.5 Å². The number of piperidine rings is 1. The van der Waals surface area contributed by atoms with Crippen LogP contribution in [0, 0.1) is 3.57 Å². The van der Waals surface area contributed by atoms with Crippen molar-refractivity contribution in [1.82, 2.24) is 14.3 Å². The molecule has 1 aliphatic rings. The molecular formula is C12H19IN4O2S. The molecule has 0 radical (unpaired) electrons. The van der Waals surface area contributed by atoms with Crippen molar-refractivity contribution in [2.24, 2.45) is 0 Å². The number of rotatable bonds is 3. The highest BCUT2D eigenvalue weighted by Gasteiger charge is 2.33. The van der Waals surface area contributed by atoms with E-state index in [1.165, 1.54) is 6.26 Å². The largest absolute Gasteiger partial charge is 0.347 e. The lowest BCUT2D eigenvalue weighted by Crippen LogP contribution is -2.38. The maximum atomic E-state index is 12.0. The molecule has 1 aromatic rings. The number of halogens is 1. The smallest absolute Gasteiger partial charge is 0.225 e. The fourth-order valence-corrected chi connectivity index (χ4v) is 4.14. The molecule has 2 heterocycles. The molecule has 0 N–H and O–H groups in total. The fraction of sp³-hybridized carbons (Fsp3) is 0.667. The van der Waals surface area contributed by atoms with Gasteiger partial charge in [0, 0.05) is 26.8 Å². The molecule has 112 valence electrons. The average Bonchev–Trinajstić information content (AvgIpc) is 2.38. The topological polar surface area (TPSA) is 66.4 Å². The molecule has 6 nitrogen and oxygen atoms in total. The normalized spacial score (nSPS) is 20.9. The fourth-order valence-electron chi connectivity index (χ4n) is 2.39. The number of aromatic nitrogens is 2. The lowest BCUT2D eigenvalue weighted by molar-refractivity contribution is 0.252. The van der Waals surface area contributed by atoms with Crippen molar-refractivity contribution in [3.63, 3.8) is 0 Å². The Bertz CT molecular complexity index is 591. The standard InChI is InChI=1S/C12H19IN4O2S/c1-16(2)12-14-8-9(13)11(15-12)10-6-4-5-7-17(10)20(3,18)19/h8,10H,4-7H2,1-3H3/t10-/m0/s1. The van der Waals surface area contributed by atoms with Crippen LogP contribution in [0.25, 0.3) is 0 Å². The van der Waals surface area contributed by atoms with Gasteiger partial charge in [0.2, 0.25) is 16.0 Å². The zero-order valence-corrected chi connectivity index (χ0v) is 14.8. The minimum absolute atomic E-state index is 0.174. The number of hydrogen-bond acceptors (Lipinski definition) is 5. The molecule has 0 aliphatic carbocycles. The Morgan fingerprint density at radius 2 is 2.10 bits per heavy atom. The Kier molecular flexibility index (Phi) is 4.85. The van der Waals surface area contributed by atoms with Crippen molar-refractivity contribution in [2.45, 2.75) is 25.3 Å². The van der Waals surface area contributed by atoms with Gasteiger partial charge in [0.1, 0.15) is 0 Å². The minimum Gasteiger partial charge on any atom is -0.347 e. The number of sulfonamides is 1. The van der Waals surface area contributed by atoms with Gasteiger partial charge in [-0.2, -0.15) is 4.31 Å². The van der Waals surface area contributed by atoms with Crippen molar-refractivity contribution in [1.29, 1.82) is 0 Å². The van der Waals surface area contributed by atoms with Gasteiger partial charge < -0.3 is 4.90 Å². The summed E-state index contributed by atoms with van der Waals surface area (Å²) in [6.45, 7) is 0.570. The van der Waals surface area contributed by atoms with E-state index >= 15 is 0 Å². The minimum atomic E-state index is -3.22. The second-order valence-electron chi connectivity index (χ2n) is 5.18. The van der Waals surface area contributed by atoms with E-state index in [-0.39, 0.29) is 6.04 Å². The van der Waals surface area contributed by atoms with Crippen molar-refractivity contribution in [3.05, 3.63) is 15.5 Å². The summed E-state index contributed by atoms with van der Waals surface area (Å²) in [6, 6.07) is -0.174. The van der Waals surface area contributed by atoms with Crippen LogP contribution in [0.1, 0.15) is 31.0 Å². The van der Waals surface area contributed by atoms with Gasteiger partial charge in [0.25, 0.3) is 0 Å². The highest BCUT2D eigenvalue weighted by molar-refractivity contribution is 14.1. The number of hydrogen-bond donors (Lipinski definition) is 0. The predicted molar refractivity (Wildman–Crippen MR) is 87.2 cm³/mol. The Morgan fingerprint density at radius 3 is 2.70 bits per heavy atom. The summed E-state index contributed by atoms with van der Waals surface area (Å²) in [5, 5.41) is 0. The zero-order valence-electron chi connectivity index (χ0n) is 11.9. The van der Waals surface area contributed by atoms with Gasteiger partial charge in [0.15, 0.2) is 0 Å². The molecule has 0 saturated carbocycles. The van der Waals surface area contributed by atoms with E-state index in [1.807, 2.05) is 19.0 Å². The summed E-state index contributed by atoms with van der Waals surface area (Å²) in [5.74, 6) is 0.611. The molecule has 0 spiro atoms. The highest BCUT2D eigenvalue weighted by Crippen LogP contribution is 2.34. The van der Waals surface area contributed by atoms with Gasteiger partial charge in [-0.3, -0.25) is 0 Å². The van der Waals surface area contributed by atoms with E-state index in [0.29, 0.717) is 12.5 Å². The van der Waals surface area contributed by atoms with Crippen LogP contribution in [-0.4, -0.2) is 49.6 Å². The zero-order chi connectivity index (χ0) is 14.9. The van der Waals surface area contributed by atoms with E-state index in [2.05, 4.69) is 32.6 Å². The summed E-state index contributed by atoms with van der Waals surface area (Å²) >= 11 is 2.18. The Hall–Kier alpha value is -0.480. The summed E-state index contributed by atoms with van der Waals surface area (Å²) in [7, 11) is 0.535. The second-order valence-corrected chi connectivity index (χ2v) is 8.28.